The van der Waals surface area contributed by atoms with Gasteiger partial charge in [-0.25, -0.2) is 4.98 Å². The minimum atomic E-state index is -0.128. The minimum absolute atomic E-state index is 0.128. The van der Waals surface area contributed by atoms with Crippen molar-refractivity contribution in [1.82, 2.24) is 10.3 Å². The molecule has 0 aliphatic carbocycles. The Kier molecular flexibility index (Phi) is 3.72. The number of amides is 1. The smallest absolute Gasteiger partial charge is 0.251 e. The van der Waals surface area contributed by atoms with Crippen LogP contribution in [0.1, 0.15) is 16.1 Å². The number of methoxy groups -OCH3 is 1. The maximum absolute atomic E-state index is 11.8. The predicted octanol–water partition coefficient (Wildman–Crippen LogP) is 2.08. The fraction of sp³-hybridized carbons (Fsp3) is 0.167. The van der Waals surface area contributed by atoms with E-state index in [-0.39, 0.29) is 5.91 Å². The Balaban J connectivity index is 1.99. The molecule has 0 bridgehead atoms. The Labute approximate surface area is 103 Å². The van der Waals surface area contributed by atoms with Gasteiger partial charge >= 0.3 is 0 Å². The van der Waals surface area contributed by atoms with Gasteiger partial charge in [-0.2, -0.15) is 0 Å². The molecule has 0 fully saturated rings. The third-order valence-corrected chi connectivity index (χ3v) is 2.88. The average molecular weight is 248 g/mol. The number of thiazole rings is 1. The molecule has 0 saturated carbocycles. The fourth-order valence-electron chi connectivity index (χ4n) is 1.36. The van der Waals surface area contributed by atoms with Crippen molar-refractivity contribution in [2.24, 2.45) is 0 Å². The molecule has 4 nitrogen and oxygen atoms in total. The summed E-state index contributed by atoms with van der Waals surface area (Å²) < 4.78 is 5.06. The van der Waals surface area contributed by atoms with Crippen LogP contribution < -0.4 is 10.1 Å². The number of carbonyl (C=O) groups is 1. The summed E-state index contributed by atoms with van der Waals surface area (Å²) in [5.74, 6) is 0.545. The van der Waals surface area contributed by atoms with Crippen LogP contribution >= 0.6 is 11.3 Å². The second-order valence-electron chi connectivity index (χ2n) is 3.39. The molecular weight excluding hydrogens is 236 g/mol. The first-order valence-electron chi connectivity index (χ1n) is 5.09. The topological polar surface area (TPSA) is 51.2 Å². The Morgan fingerprint density at radius 3 is 3.12 bits per heavy atom. The van der Waals surface area contributed by atoms with Gasteiger partial charge in [0.1, 0.15) is 5.75 Å². The van der Waals surface area contributed by atoms with E-state index in [1.54, 1.807) is 36.9 Å². The van der Waals surface area contributed by atoms with Gasteiger partial charge in [0, 0.05) is 10.9 Å². The fourth-order valence-corrected chi connectivity index (χ4v) is 1.92. The molecule has 2 rings (SSSR count). The van der Waals surface area contributed by atoms with Crippen LogP contribution in [0.5, 0.6) is 5.75 Å². The summed E-state index contributed by atoms with van der Waals surface area (Å²) in [6, 6.07) is 7.04. The lowest BCUT2D eigenvalue weighted by Crippen LogP contribution is -2.22. The number of nitrogens with one attached hydrogen (secondary N) is 1. The maximum Gasteiger partial charge on any atom is 0.251 e. The first kappa shape index (κ1) is 11.6. The highest BCUT2D eigenvalue weighted by molar-refractivity contribution is 7.07. The quantitative estimate of drug-likeness (QED) is 0.901. The van der Waals surface area contributed by atoms with Crippen LogP contribution in [-0.2, 0) is 6.54 Å². The van der Waals surface area contributed by atoms with Crippen molar-refractivity contribution in [2.45, 2.75) is 6.54 Å². The lowest BCUT2D eigenvalue weighted by Gasteiger charge is -2.05. The molecule has 2 aromatic rings. The third-order valence-electron chi connectivity index (χ3n) is 2.25. The summed E-state index contributed by atoms with van der Waals surface area (Å²) in [5.41, 5.74) is 3.19. The largest absolute Gasteiger partial charge is 0.497 e. The summed E-state index contributed by atoms with van der Waals surface area (Å²) in [5, 5.41) is 4.71. The van der Waals surface area contributed by atoms with E-state index in [4.69, 9.17) is 4.74 Å². The second kappa shape index (κ2) is 5.45. The van der Waals surface area contributed by atoms with Gasteiger partial charge in [0.2, 0.25) is 0 Å². The van der Waals surface area contributed by atoms with Crippen LogP contribution in [0.4, 0.5) is 0 Å². The Morgan fingerprint density at radius 1 is 1.53 bits per heavy atom. The van der Waals surface area contributed by atoms with Gasteiger partial charge in [0.25, 0.3) is 5.91 Å². The van der Waals surface area contributed by atoms with E-state index in [2.05, 4.69) is 10.3 Å². The Bertz CT molecular complexity index is 497. The number of aromatic nitrogens is 1. The van der Waals surface area contributed by atoms with E-state index in [1.807, 2.05) is 5.38 Å². The molecule has 1 aromatic carbocycles. The summed E-state index contributed by atoms with van der Waals surface area (Å²) in [6.07, 6.45) is 0. The number of hydrogen-bond donors (Lipinski definition) is 1. The Morgan fingerprint density at radius 2 is 2.41 bits per heavy atom. The molecule has 0 saturated heterocycles. The first-order valence-corrected chi connectivity index (χ1v) is 6.03. The van der Waals surface area contributed by atoms with Crippen molar-refractivity contribution in [3.05, 3.63) is 46.4 Å². The highest BCUT2D eigenvalue weighted by atomic mass is 32.1. The van der Waals surface area contributed by atoms with Gasteiger partial charge < -0.3 is 10.1 Å². The zero-order chi connectivity index (χ0) is 12.1. The number of ether oxygens (including phenoxy) is 1. The van der Waals surface area contributed by atoms with Crippen molar-refractivity contribution in [3.8, 4) is 5.75 Å². The summed E-state index contributed by atoms with van der Waals surface area (Å²) in [4.78, 5) is 15.9. The van der Waals surface area contributed by atoms with Crippen molar-refractivity contribution < 1.29 is 9.53 Å². The highest BCUT2D eigenvalue weighted by Crippen LogP contribution is 2.12. The van der Waals surface area contributed by atoms with Crippen LogP contribution in [0.25, 0.3) is 0 Å². The van der Waals surface area contributed by atoms with E-state index in [1.165, 1.54) is 11.3 Å². The van der Waals surface area contributed by atoms with Crippen LogP contribution in [0, 0.1) is 0 Å². The van der Waals surface area contributed by atoms with Gasteiger partial charge in [-0.15, -0.1) is 11.3 Å². The van der Waals surface area contributed by atoms with Crippen LogP contribution in [0.15, 0.2) is 35.2 Å². The van der Waals surface area contributed by atoms with Crippen LogP contribution in [0.2, 0.25) is 0 Å². The first-order chi connectivity index (χ1) is 8.29. The van der Waals surface area contributed by atoms with Gasteiger partial charge in [-0.05, 0) is 18.2 Å². The van der Waals surface area contributed by atoms with Crippen molar-refractivity contribution in [2.75, 3.05) is 7.11 Å². The second-order valence-corrected chi connectivity index (χ2v) is 4.11. The number of hydrogen-bond acceptors (Lipinski definition) is 4. The molecule has 0 spiro atoms. The monoisotopic (exact) mass is 248 g/mol. The third kappa shape index (κ3) is 3.04. The molecule has 1 amide bonds. The van der Waals surface area contributed by atoms with Crippen LogP contribution in [0.3, 0.4) is 0 Å². The number of nitrogens with zero attached hydrogens (tertiary/aromatic N) is 1. The summed E-state index contributed by atoms with van der Waals surface area (Å²) >= 11 is 1.51. The molecule has 0 aliphatic rings. The highest BCUT2D eigenvalue weighted by Gasteiger charge is 2.06. The molecule has 1 N–H and O–H groups in total. The molecule has 0 aliphatic heterocycles. The molecule has 88 valence electrons. The minimum Gasteiger partial charge on any atom is -0.497 e. The van der Waals surface area contributed by atoms with Crippen molar-refractivity contribution >= 4 is 17.2 Å². The molecule has 1 heterocycles. The number of rotatable bonds is 4. The molecular formula is C12H12N2O2S. The van der Waals surface area contributed by atoms with E-state index in [0.29, 0.717) is 17.9 Å². The molecule has 17 heavy (non-hydrogen) atoms. The molecule has 0 radical (unpaired) electrons. The van der Waals surface area contributed by atoms with E-state index < -0.39 is 0 Å². The SMILES string of the molecule is COc1cccc(C(=O)NCc2cscn2)c1. The van der Waals surface area contributed by atoms with Crippen molar-refractivity contribution in [3.63, 3.8) is 0 Å². The van der Waals surface area contributed by atoms with Gasteiger partial charge in [0.05, 0.1) is 24.9 Å². The van der Waals surface area contributed by atoms with Gasteiger partial charge in [-0.1, -0.05) is 6.07 Å². The number of carbonyl (C=O) groups excluding carboxylic acids is 1. The molecule has 0 unspecified atom stereocenters. The normalized spacial score (nSPS) is 9.94. The van der Waals surface area contributed by atoms with E-state index >= 15 is 0 Å². The molecule has 0 atom stereocenters. The summed E-state index contributed by atoms with van der Waals surface area (Å²) in [7, 11) is 1.58. The zero-order valence-corrected chi connectivity index (χ0v) is 10.2. The lowest BCUT2D eigenvalue weighted by atomic mass is 10.2. The van der Waals surface area contributed by atoms with Crippen LogP contribution in [-0.4, -0.2) is 18.0 Å². The van der Waals surface area contributed by atoms with Gasteiger partial charge in [-0.3, -0.25) is 4.79 Å². The Hall–Kier alpha value is -1.88. The number of benzene rings is 1. The predicted molar refractivity (Wildman–Crippen MR) is 66.3 cm³/mol. The van der Waals surface area contributed by atoms with Crippen molar-refractivity contribution in [1.29, 1.82) is 0 Å². The average Bonchev–Trinajstić information content (AvgIpc) is 2.89. The van der Waals surface area contributed by atoms with Gasteiger partial charge in [0.15, 0.2) is 0 Å². The molecule has 5 heteroatoms. The molecule has 1 aromatic heterocycles. The maximum atomic E-state index is 11.8. The summed E-state index contributed by atoms with van der Waals surface area (Å²) in [6.45, 7) is 0.444. The lowest BCUT2D eigenvalue weighted by molar-refractivity contribution is 0.0950. The zero-order valence-electron chi connectivity index (χ0n) is 9.34. The van der Waals surface area contributed by atoms with E-state index in [0.717, 1.165) is 5.69 Å². The standard InChI is InChI=1S/C12H12N2O2S/c1-16-11-4-2-3-9(5-11)12(15)13-6-10-7-17-8-14-10/h2-5,7-8H,6H2,1H3,(H,13,15). The van der Waals surface area contributed by atoms with E-state index in [9.17, 15) is 4.79 Å².